The van der Waals surface area contributed by atoms with Crippen molar-refractivity contribution in [2.24, 2.45) is 11.8 Å². The smallest absolute Gasteiger partial charge is 0.231 e. The van der Waals surface area contributed by atoms with Gasteiger partial charge in [-0.05, 0) is 88.5 Å². The molecule has 1 amide bonds. The number of carbonyl (C=O) groups excluding carboxylic acids is 1. The SMILES string of the molecule is CCc1nc(-c2ccnc(N(C[C@H]3CC[C@H](c4ccc(OC)c(C)n4)CC3)C(=O)[C@H]3CC[C@H](O)CC3)c2)co1. The number of methoxy groups -OCH3 is 1. The van der Waals surface area contributed by atoms with E-state index in [2.05, 4.69) is 16.0 Å². The highest BCUT2D eigenvalue weighted by Gasteiger charge is 2.33. The number of hydrogen-bond donors (Lipinski definition) is 1. The summed E-state index contributed by atoms with van der Waals surface area (Å²) < 4.78 is 10.9. The van der Waals surface area contributed by atoms with Crippen LogP contribution < -0.4 is 9.64 Å². The monoisotopic (exact) mass is 532 g/mol. The summed E-state index contributed by atoms with van der Waals surface area (Å²) in [6, 6.07) is 7.98. The first kappa shape index (κ1) is 27.3. The molecule has 3 aromatic rings. The lowest BCUT2D eigenvalue weighted by molar-refractivity contribution is -0.124. The van der Waals surface area contributed by atoms with Crippen LogP contribution in [0.4, 0.5) is 5.82 Å². The van der Waals surface area contributed by atoms with Crippen molar-refractivity contribution in [2.45, 2.75) is 83.7 Å². The molecule has 0 radical (unpaired) electrons. The number of ether oxygens (including phenoxy) is 1. The van der Waals surface area contributed by atoms with Gasteiger partial charge in [0.2, 0.25) is 5.91 Å². The summed E-state index contributed by atoms with van der Waals surface area (Å²) in [4.78, 5) is 29.9. The summed E-state index contributed by atoms with van der Waals surface area (Å²) >= 11 is 0. The number of anilines is 1. The highest BCUT2D eigenvalue weighted by atomic mass is 16.5. The van der Waals surface area contributed by atoms with Crippen molar-refractivity contribution in [3.05, 3.63) is 54.0 Å². The van der Waals surface area contributed by atoms with E-state index in [1.807, 2.05) is 36.9 Å². The number of oxazole rings is 1. The third-order valence-corrected chi connectivity index (χ3v) is 8.47. The van der Waals surface area contributed by atoms with E-state index in [4.69, 9.17) is 14.1 Å². The Morgan fingerprint density at radius 1 is 1.08 bits per heavy atom. The van der Waals surface area contributed by atoms with Gasteiger partial charge in [0.1, 0.15) is 23.5 Å². The molecule has 1 N–H and O–H groups in total. The Hall–Kier alpha value is -3.26. The molecule has 2 saturated carbocycles. The molecule has 0 atom stereocenters. The van der Waals surface area contributed by atoms with Crippen molar-refractivity contribution in [3.63, 3.8) is 0 Å². The van der Waals surface area contributed by atoms with Gasteiger partial charge in [0, 0.05) is 42.3 Å². The molecule has 8 heteroatoms. The Morgan fingerprint density at radius 2 is 1.85 bits per heavy atom. The minimum atomic E-state index is -0.297. The van der Waals surface area contributed by atoms with Gasteiger partial charge in [0.25, 0.3) is 0 Å². The second-order valence-electron chi connectivity index (χ2n) is 11.1. The van der Waals surface area contributed by atoms with Crippen LogP contribution in [-0.4, -0.2) is 45.7 Å². The molecule has 0 unspecified atom stereocenters. The summed E-state index contributed by atoms with van der Waals surface area (Å²) in [5, 5.41) is 10.0. The fraction of sp³-hybridized carbons (Fsp3) is 0.548. The van der Waals surface area contributed by atoms with Gasteiger partial charge in [-0.15, -0.1) is 0 Å². The lowest BCUT2D eigenvalue weighted by Crippen LogP contribution is -2.42. The van der Waals surface area contributed by atoms with E-state index in [-0.39, 0.29) is 17.9 Å². The summed E-state index contributed by atoms with van der Waals surface area (Å²) in [6.45, 7) is 4.65. The summed E-state index contributed by atoms with van der Waals surface area (Å²) in [7, 11) is 1.68. The van der Waals surface area contributed by atoms with Gasteiger partial charge in [-0.2, -0.15) is 0 Å². The minimum absolute atomic E-state index is 0.0830. The molecule has 0 spiro atoms. The topological polar surface area (TPSA) is 102 Å². The second-order valence-corrected chi connectivity index (χ2v) is 11.1. The van der Waals surface area contributed by atoms with Gasteiger partial charge in [-0.3, -0.25) is 14.7 Å². The standard InChI is InChI=1S/C31H40N4O4/c1-4-30-34-27(19-39-30)24-15-16-32-29(17-24)35(31(37)23-9-11-25(36)12-10-23)18-21-5-7-22(8-6-21)26-13-14-28(38-3)20(2)33-26/h13-17,19,21-23,25,36H,4-12,18H2,1-3H3/t21-,22-,23-,25-. The average Bonchev–Trinajstić information content (AvgIpc) is 3.46. The van der Waals surface area contributed by atoms with E-state index < -0.39 is 0 Å². The van der Waals surface area contributed by atoms with Crippen LogP contribution in [0.15, 0.2) is 41.1 Å². The van der Waals surface area contributed by atoms with E-state index in [1.165, 1.54) is 0 Å². The van der Waals surface area contributed by atoms with Crippen LogP contribution in [0.1, 0.15) is 81.5 Å². The van der Waals surface area contributed by atoms with Crippen LogP contribution in [0.3, 0.4) is 0 Å². The first-order valence-electron chi connectivity index (χ1n) is 14.4. The lowest BCUT2D eigenvalue weighted by atomic mass is 9.79. The molecule has 0 aromatic carbocycles. The Kier molecular flexibility index (Phi) is 8.60. The highest BCUT2D eigenvalue weighted by molar-refractivity contribution is 5.94. The van der Waals surface area contributed by atoms with Crippen molar-refractivity contribution in [1.29, 1.82) is 0 Å². The van der Waals surface area contributed by atoms with Crippen molar-refractivity contribution in [3.8, 4) is 17.0 Å². The Balaban J connectivity index is 1.33. The average molecular weight is 533 g/mol. The van der Waals surface area contributed by atoms with Crippen molar-refractivity contribution >= 4 is 11.7 Å². The third kappa shape index (κ3) is 6.32. The van der Waals surface area contributed by atoms with Gasteiger partial charge in [-0.1, -0.05) is 6.92 Å². The van der Waals surface area contributed by atoms with Crippen molar-refractivity contribution in [2.75, 3.05) is 18.6 Å². The van der Waals surface area contributed by atoms with Crippen LogP contribution in [0.5, 0.6) is 5.75 Å². The Morgan fingerprint density at radius 3 is 2.51 bits per heavy atom. The molecule has 0 bridgehead atoms. The zero-order valence-corrected chi connectivity index (χ0v) is 23.3. The molecule has 2 aliphatic carbocycles. The summed E-state index contributed by atoms with van der Waals surface area (Å²) in [5.74, 6) is 3.03. The molecule has 3 heterocycles. The van der Waals surface area contributed by atoms with E-state index in [9.17, 15) is 9.90 Å². The molecular formula is C31H40N4O4. The predicted octanol–water partition coefficient (Wildman–Crippen LogP) is 5.87. The number of carbonyl (C=O) groups is 1. The maximum Gasteiger partial charge on any atom is 0.231 e. The molecule has 2 fully saturated rings. The van der Waals surface area contributed by atoms with Gasteiger partial charge < -0.3 is 14.3 Å². The van der Waals surface area contributed by atoms with E-state index >= 15 is 0 Å². The quantitative estimate of drug-likeness (QED) is 0.387. The van der Waals surface area contributed by atoms with Gasteiger partial charge in [-0.25, -0.2) is 9.97 Å². The van der Waals surface area contributed by atoms with E-state index in [1.54, 1.807) is 19.6 Å². The zero-order chi connectivity index (χ0) is 27.4. The summed E-state index contributed by atoms with van der Waals surface area (Å²) in [6.07, 6.45) is 10.8. The van der Waals surface area contributed by atoms with Crippen LogP contribution >= 0.6 is 0 Å². The molecule has 3 aromatic heterocycles. The van der Waals surface area contributed by atoms with Gasteiger partial charge in [0.05, 0.1) is 18.9 Å². The van der Waals surface area contributed by atoms with Crippen LogP contribution in [0.25, 0.3) is 11.3 Å². The molecule has 2 aliphatic rings. The number of hydrogen-bond acceptors (Lipinski definition) is 7. The number of nitrogens with zero attached hydrogens (tertiary/aromatic N) is 4. The predicted molar refractivity (Wildman–Crippen MR) is 150 cm³/mol. The number of rotatable bonds is 8. The molecule has 0 saturated heterocycles. The van der Waals surface area contributed by atoms with Crippen LogP contribution in [0, 0.1) is 18.8 Å². The molecular weight excluding hydrogens is 492 g/mol. The van der Waals surface area contributed by atoms with E-state index in [0.717, 1.165) is 60.5 Å². The second kappa shape index (κ2) is 12.3. The molecule has 8 nitrogen and oxygen atoms in total. The minimum Gasteiger partial charge on any atom is -0.495 e. The number of aliphatic hydroxyl groups is 1. The Labute approximate surface area is 230 Å². The number of pyridine rings is 2. The Bertz CT molecular complexity index is 1260. The number of aromatic nitrogens is 3. The molecule has 5 rings (SSSR count). The molecule has 208 valence electrons. The third-order valence-electron chi connectivity index (χ3n) is 8.47. The van der Waals surface area contributed by atoms with E-state index in [0.29, 0.717) is 55.8 Å². The number of aliphatic hydroxyl groups excluding tert-OH is 1. The highest BCUT2D eigenvalue weighted by Crippen LogP contribution is 2.37. The first-order chi connectivity index (χ1) is 18.9. The van der Waals surface area contributed by atoms with Gasteiger partial charge >= 0.3 is 0 Å². The largest absolute Gasteiger partial charge is 0.495 e. The zero-order valence-electron chi connectivity index (χ0n) is 23.3. The molecule has 0 aliphatic heterocycles. The summed E-state index contributed by atoms with van der Waals surface area (Å²) in [5.41, 5.74) is 3.71. The fourth-order valence-electron chi connectivity index (χ4n) is 6.08. The van der Waals surface area contributed by atoms with Crippen molar-refractivity contribution < 1.29 is 19.1 Å². The van der Waals surface area contributed by atoms with Crippen LogP contribution in [-0.2, 0) is 11.2 Å². The van der Waals surface area contributed by atoms with Crippen LogP contribution in [0.2, 0.25) is 0 Å². The molecule has 39 heavy (non-hydrogen) atoms. The maximum absolute atomic E-state index is 13.9. The number of amides is 1. The first-order valence-corrected chi connectivity index (χ1v) is 14.4. The van der Waals surface area contributed by atoms with Gasteiger partial charge in [0.15, 0.2) is 5.89 Å². The fourth-order valence-corrected chi connectivity index (χ4v) is 6.08. The maximum atomic E-state index is 13.9. The normalized spacial score (nSPS) is 23.4. The number of aryl methyl sites for hydroxylation is 2. The van der Waals surface area contributed by atoms with Crippen molar-refractivity contribution in [1.82, 2.24) is 15.0 Å². The lowest BCUT2D eigenvalue weighted by Gasteiger charge is -2.35.